The highest BCUT2D eigenvalue weighted by molar-refractivity contribution is 7.09. The van der Waals surface area contributed by atoms with E-state index in [2.05, 4.69) is 10.3 Å². The maximum absolute atomic E-state index is 11.9. The number of halogens is 1. The van der Waals surface area contributed by atoms with E-state index >= 15 is 0 Å². The number of nitrogens with two attached hydrogens (primary N) is 1. The van der Waals surface area contributed by atoms with Crippen molar-refractivity contribution in [2.75, 3.05) is 5.32 Å². The maximum Gasteiger partial charge on any atom is 0.244 e. The molecule has 0 atom stereocenters. The minimum absolute atomic E-state index is 0. The molecule has 0 saturated heterocycles. The fraction of sp³-hybridized carbons (Fsp3) is 0.286. The summed E-state index contributed by atoms with van der Waals surface area (Å²) in [5, 5.41) is 5.92. The fourth-order valence-electron chi connectivity index (χ4n) is 1.87. The predicted molar refractivity (Wildman–Crippen MR) is 84.3 cm³/mol. The Hall–Kier alpha value is -1.43. The average Bonchev–Trinajstić information content (AvgIpc) is 2.99. The number of carbonyl (C=O) groups excluding carboxylic acids is 1. The third-order valence-electron chi connectivity index (χ3n) is 3.28. The molecule has 3 N–H and O–H groups in total. The zero-order valence-corrected chi connectivity index (χ0v) is 12.7. The van der Waals surface area contributed by atoms with Gasteiger partial charge < -0.3 is 11.1 Å². The summed E-state index contributed by atoms with van der Waals surface area (Å²) in [6.07, 6.45) is 1.54. The van der Waals surface area contributed by atoms with Gasteiger partial charge in [0.25, 0.3) is 0 Å². The van der Waals surface area contributed by atoms with E-state index in [9.17, 15) is 4.79 Å². The summed E-state index contributed by atoms with van der Waals surface area (Å²) in [5.74, 6) is -0.0980. The lowest BCUT2D eigenvalue weighted by Crippen LogP contribution is -2.37. The number of hydrogen-bond donors (Lipinski definition) is 2. The molecular weight excluding hydrogens is 294 g/mol. The van der Waals surface area contributed by atoms with E-state index in [-0.39, 0.29) is 18.3 Å². The van der Waals surface area contributed by atoms with Crippen LogP contribution in [0, 0.1) is 6.92 Å². The van der Waals surface area contributed by atoms with E-state index in [1.807, 2.05) is 36.6 Å². The van der Waals surface area contributed by atoms with Crippen molar-refractivity contribution in [3.8, 4) is 11.3 Å². The van der Waals surface area contributed by atoms with Gasteiger partial charge in [-0.2, -0.15) is 0 Å². The summed E-state index contributed by atoms with van der Waals surface area (Å²) in [7, 11) is 0. The lowest BCUT2D eigenvalue weighted by molar-refractivity contribution is -0.118. The number of aryl methyl sites for hydroxylation is 1. The summed E-state index contributed by atoms with van der Waals surface area (Å²) >= 11 is 1.61. The smallest absolute Gasteiger partial charge is 0.244 e. The SMILES string of the molecule is Cc1nc(-c2cccc(NC(=O)C3(N)CC3)c2)cs1.Cl. The lowest BCUT2D eigenvalue weighted by Gasteiger charge is -2.10. The van der Waals surface area contributed by atoms with Gasteiger partial charge in [-0.1, -0.05) is 12.1 Å². The first kappa shape index (κ1) is 15.0. The van der Waals surface area contributed by atoms with E-state index < -0.39 is 5.54 Å². The van der Waals surface area contributed by atoms with Gasteiger partial charge >= 0.3 is 0 Å². The van der Waals surface area contributed by atoms with Gasteiger partial charge in [0.2, 0.25) is 5.91 Å². The normalized spacial score (nSPS) is 15.3. The first-order valence-corrected chi connectivity index (χ1v) is 7.08. The van der Waals surface area contributed by atoms with E-state index in [4.69, 9.17) is 5.73 Å². The summed E-state index contributed by atoms with van der Waals surface area (Å²) in [6.45, 7) is 1.98. The molecule has 20 heavy (non-hydrogen) atoms. The Bertz CT molecular complexity index is 637. The third-order valence-corrected chi connectivity index (χ3v) is 4.05. The van der Waals surface area contributed by atoms with E-state index in [1.165, 1.54) is 0 Å². The average molecular weight is 310 g/mol. The number of hydrogen-bond acceptors (Lipinski definition) is 4. The first-order valence-electron chi connectivity index (χ1n) is 6.20. The molecule has 1 saturated carbocycles. The Labute approximate surface area is 127 Å². The van der Waals surface area contributed by atoms with Crippen LogP contribution in [-0.4, -0.2) is 16.4 Å². The number of rotatable bonds is 3. The van der Waals surface area contributed by atoms with Crippen molar-refractivity contribution >= 4 is 35.3 Å². The molecule has 0 aliphatic heterocycles. The topological polar surface area (TPSA) is 68.0 Å². The van der Waals surface area contributed by atoms with E-state index in [0.717, 1.165) is 34.8 Å². The van der Waals surface area contributed by atoms with Crippen molar-refractivity contribution in [2.24, 2.45) is 5.73 Å². The van der Waals surface area contributed by atoms with Crippen LogP contribution in [0.2, 0.25) is 0 Å². The van der Waals surface area contributed by atoms with Gasteiger partial charge in [-0.25, -0.2) is 4.98 Å². The number of nitrogens with zero attached hydrogens (tertiary/aromatic N) is 1. The number of nitrogens with one attached hydrogen (secondary N) is 1. The Balaban J connectivity index is 0.00000147. The number of benzene rings is 1. The number of amides is 1. The molecule has 1 aromatic carbocycles. The van der Waals surface area contributed by atoms with Crippen LogP contribution in [0.15, 0.2) is 29.6 Å². The van der Waals surface area contributed by atoms with Gasteiger partial charge in [0.1, 0.15) is 0 Å². The van der Waals surface area contributed by atoms with Crippen molar-refractivity contribution in [3.05, 3.63) is 34.7 Å². The second-order valence-electron chi connectivity index (χ2n) is 4.94. The zero-order chi connectivity index (χ0) is 13.5. The molecular formula is C14H16ClN3OS. The molecule has 1 aliphatic rings. The standard InChI is InChI=1S/C14H15N3OS.ClH/c1-9-16-12(8-19-9)10-3-2-4-11(7-10)17-13(18)14(15)5-6-14;/h2-4,7-8H,5-6,15H2,1H3,(H,17,18);1H. The second-order valence-corrected chi connectivity index (χ2v) is 6.01. The van der Waals surface area contributed by atoms with Crippen molar-refractivity contribution in [1.82, 2.24) is 4.98 Å². The maximum atomic E-state index is 11.9. The Morgan fingerprint density at radius 3 is 2.80 bits per heavy atom. The lowest BCUT2D eigenvalue weighted by atomic mass is 10.1. The van der Waals surface area contributed by atoms with Crippen LogP contribution in [0.5, 0.6) is 0 Å². The van der Waals surface area contributed by atoms with E-state index in [1.54, 1.807) is 11.3 Å². The van der Waals surface area contributed by atoms with Gasteiger partial charge in [0.15, 0.2) is 0 Å². The molecule has 0 spiro atoms. The molecule has 106 valence electrons. The Morgan fingerprint density at radius 1 is 1.45 bits per heavy atom. The monoisotopic (exact) mass is 309 g/mol. The molecule has 6 heteroatoms. The minimum atomic E-state index is -0.646. The van der Waals surface area contributed by atoms with Gasteiger partial charge in [-0.15, -0.1) is 23.7 Å². The second kappa shape index (κ2) is 5.52. The third kappa shape index (κ3) is 3.00. The van der Waals surface area contributed by atoms with Crippen molar-refractivity contribution in [3.63, 3.8) is 0 Å². The Morgan fingerprint density at radius 2 is 2.20 bits per heavy atom. The first-order chi connectivity index (χ1) is 9.07. The number of carbonyl (C=O) groups is 1. The van der Waals surface area contributed by atoms with Crippen molar-refractivity contribution in [1.29, 1.82) is 0 Å². The van der Waals surface area contributed by atoms with Gasteiger partial charge in [-0.3, -0.25) is 4.79 Å². The van der Waals surface area contributed by atoms with Crippen LogP contribution in [0.4, 0.5) is 5.69 Å². The molecule has 0 radical (unpaired) electrons. The molecule has 1 aliphatic carbocycles. The highest BCUT2D eigenvalue weighted by Gasteiger charge is 2.45. The molecule has 1 heterocycles. The van der Waals surface area contributed by atoms with Crippen LogP contribution in [0.25, 0.3) is 11.3 Å². The summed E-state index contributed by atoms with van der Waals surface area (Å²) in [4.78, 5) is 16.3. The molecule has 0 unspecified atom stereocenters. The number of anilines is 1. The van der Waals surface area contributed by atoms with Crippen LogP contribution in [0.1, 0.15) is 17.8 Å². The van der Waals surface area contributed by atoms with Gasteiger partial charge in [0, 0.05) is 16.6 Å². The minimum Gasteiger partial charge on any atom is -0.324 e. The number of thiazole rings is 1. The molecule has 0 bridgehead atoms. The highest BCUT2D eigenvalue weighted by Crippen LogP contribution is 2.33. The predicted octanol–water partition coefficient (Wildman–Crippen LogP) is 2.97. The van der Waals surface area contributed by atoms with Gasteiger partial charge in [-0.05, 0) is 31.9 Å². The molecule has 3 rings (SSSR count). The Kier molecular flexibility index (Phi) is 4.13. The summed E-state index contributed by atoms with van der Waals surface area (Å²) < 4.78 is 0. The number of aromatic nitrogens is 1. The van der Waals surface area contributed by atoms with Crippen LogP contribution < -0.4 is 11.1 Å². The van der Waals surface area contributed by atoms with Crippen molar-refractivity contribution < 1.29 is 4.79 Å². The highest BCUT2D eigenvalue weighted by atomic mass is 35.5. The molecule has 4 nitrogen and oxygen atoms in total. The van der Waals surface area contributed by atoms with Crippen LogP contribution in [-0.2, 0) is 4.79 Å². The quantitative estimate of drug-likeness (QED) is 0.916. The van der Waals surface area contributed by atoms with Crippen LogP contribution in [0.3, 0.4) is 0 Å². The fourth-order valence-corrected chi connectivity index (χ4v) is 2.49. The molecule has 1 amide bonds. The zero-order valence-electron chi connectivity index (χ0n) is 11.1. The molecule has 1 fully saturated rings. The van der Waals surface area contributed by atoms with Gasteiger partial charge in [0.05, 0.1) is 16.2 Å². The van der Waals surface area contributed by atoms with Crippen LogP contribution >= 0.6 is 23.7 Å². The largest absolute Gasteiger partial charge is 0.324 e. The van der Waals surface area contributed by atoms with Crippen molar-refractivity contribution in [2.45, 2.75) is 25.3 Å². The molecule has 1 aromatic heterocycles. The molecule has 2 aromatic rings. The van der Waals surface area contributed by atoms with E-state index in [0.29, 0.717) is 0 Å². The summed E-state index contributed by atoms with van der Waals surface area (Å²) in [6, 6.07) is 7.69. The summed E-state index contributed by atoms with van der Waals surface area (Å²) in [5.41, 5.74) is 7.93.